The van der Waals surface area contributed by atoms with Crippen LogP contribution in [0.4, 0.5) is 0 Å². The second kappa shape index (κ2) is 3.65. The summed E-state index contributed by atoms with van der Waals surface area (Å²) in [5.74, 6) is 0.676. The Hall–Kier alpha value is -1.38. The van der Waals surface area contributed by atoms with E-state index in [-0.39, 0.29) is 11.5 Å². The van der Waals surface area contributed by atoms with Gasteiger partial charge in [-0.3, -0.25) is 4.98 Å². The van der Waals surface area contributed by atoms with E-state index in [9.17, 15) is 0 Å². The number of rotatable bonds is 1. The van der Waals surface area contributed by atoms with Gasteiger partial charge in [0.2, 0.25) is 5.90 Å². The van der Waals surface area contributed by atoms with Crippen LogP contribution < -0.4 is 0 Å². The molecule has 2 rings (SSSR count). The van der Waals surface area contributed by atoms with Crippen LogP contribution in [0.25, 0.3) is 0 Å². The number of nitrogens with zero attached hydrogens (tertiary/aromatic N) is 2. The molecule has 2 heterocycles. The van der Waals surface area contributed by atoms with Gasteiger partial charge in [-0.2, -0.15) is 0 Å². The lowest BCUT2D eigenvalue weighted by atomic mass is 9.88. The molecule has 3 nitrogen and oxygen atoms in total. The normalized spacial score (nSPS) is 21.0. The maximum atomic E-state index is 5.57. The SMILES string of the molecule is CC(C)(C)[C@H]1COC(c2ccccn2)=N1. The molecule has 80 valence electrons. The second-order valence-electron chi connectivity index (χ2n) is 4.84. The van der Waals surface area contributed by atoms with Gasteiger partial charge in [0.1, 0.15) is 12.3 Å². The van der Waals surface area contributed by atoms with Crippen molar-refractivity contribution in [1.29, 1.82) is 0 Å². The summed E-state index contributed by atoms with van der Waals surface area (Å²) < 4.78 is 5.57. The number of ether oxygens (including phenoxy) is 1. The average molecular weight is 204 g/mol. The van der Waals surface area contributed by atoms with Crippen molar-refractivity contribution in [2.24, 2.45) is 10.4 Å². The van der Waals surface area contributed by atoms with Gasteiger partial charge in [-0.25, -0.2) is 4.99 Å². The van der Waals surface area contributed by atoms with Crippen molar-refractivity contribution in [3.8, 4) is 0 Å². The first-order chi connectivity index (χ1) is 7.07. The highest BCUT2D eigenvalue weighted by atomic mass is 16.5. The van der Waals surface area contributed by atoms with Crippen LogP contribution in [0.5, 0.6) is 0 Å². The van der Waals surface area contributed by atoms with Gasteiger partial charge in [-0.15, -0.1) is 0 Å². The summed E-state index contributed by atoms with van der Waals surface area (Å²) in [4.78, 5) is 8.78. The van der Waals surface area contributed by atoms with E-state index in [1.807, 2.05) is 18.2 Å². The van der Waals surface area contributed by atoms with Crippen LogP contribution in [-0.2, 0) is 4.74 Å². The van der Waals surface area contributed by atoms with Crippen LogP contribution in [0.2, 0.25) is 0 Å². The standard InChI is InChI=1S/C12H16N2O/c1-12(2,3)10-8-15-11(14-10)9-6-4-5-7-13-9/h4-7,10H,8H2,1-3H3/t10-/m1/s1. The number of aliphatic imine (C=N–C) groups is 1. The quantitative estimate of drug-likeness (QED) is 0.703. The molecule has 0 spiro atoms. The molecule has 0 amide bonds. The first-order valence-electron chi connectivity index (χ1n) is 5.19. The van der Waals surface area contributed by atoms with E-state index >= 15 is 0 Å². The van der Waals surface area contributed by atoms with Gasteiger partial charge in [0.25, 0.3) is 0 Å². The summed E-state index contributed by atoms with van der Waals surface area (Å²) in [7, 11) is 0. The van der Waals surface area contributed by atoms with Crippen molar-refractivity contribution >= 4 is 5.90 Å². The molecular weight excluding hydrogens is 188 g/mol. The van der Waals surface area contributed by atoms with Gasteiger partial charge >= 0.3 is 0 Å². The Bertz CT molecular complexity index is 365. The molecular formula is C12H16N2O. The predicted octanol–water partition coefficient (Wildman–Crippen LogP) is 2.27. The summed E-state index contributed by atoms with van der Waals surface area (Å²) >= 11 is 0. The van der Waals surface area contributed by atoms with Gasteiger partial charge in [0, 0.05) is 6.20 Å². The van der Waals surface area contributed by atoms with Crippen LogP contribution >= 0.6 is 0 Å². The fraction of sp³-hybridized carbons (Fsp3) is 0.500. The lowest BCUT2D eigenvalue weighted by Crippen LogP contribution is -2.25. The Labute approximate surface area is 90.2 Å². The molecule has 1 atom stereocenters. The molecule has 0 aromatic carbocycles. The predicted molar refractivity (Wildman–Crippen MR) is 60.0 cm³/mol. The molecule has 0 fully saturated rings. The molecule has 0 saturated heterocycles. The van der Waals surface area contributed by atoms with Gasteiger partial charge in [0.15, 0.2) is 0 Å². The fourth-order valence-corrected chi connectivity index (χ4v) is 1.45. The van der Waals surface area contributed by atoms with Crippen molar-refractivity contribution in [1.82, 2.24) is 4.98 Å². The van der Waals surface area contributed by atoms with E-state index in [0.717, 1.165) is 5.69 Å². The molecule has 3 heteroatoms. The third-order valence-corrected chi connectivity index (χ3v) is 2.53. The highest BCUT2D eigenvalue weighted by Gasteiger charge is 2.30. The minimum atomic E-state index is 0.149. The number of pyridine rings is 1. The Morgan fingerprint density at radius 3 is 2.67 bits per heavy atom. The Balaban J connectivity index is 2.21. The van der Waals surface area contributed by atoms with Crippen molar-refractivity contribution < 1.29 is 4.74 Å². The summed E-state index contributed by atoms with van der Waals surface area (Å²) in [6, 6.07) is 5.98. The third kappa shape index (κ3) is 2.17. The smallest absolute Gasteiger partial charge is 0.235 e. The summed E-state index contributed by atoms with van der Waals surface area (Å²) in [6.07, 6.45) is 1.76. The van der Waals surface area contributed by atoms with E-state index in [4.69, 9.17) is 4.74 Å². The zero-order chi connectivity index (χ0) is 10.9. The molecule has 0 aliphatic carbocycles. The van der Waals surface area contributed by atoms with Gasteiger partial charge < -0.3 is 4.74 Å². The molecule has 1 aliphatic rings. The van der Waals surface area contributed by atoms with E-state index in [0.29, 0.717) is 12.5 Å². The molecule has 1 aliphatic heterocycles. The molecule has 0 saturated carbocycles. The van der Waals surface area contributed by atoms with Crippen molar-refractivity contribution in [3.63, 3.8) is 0 Å². The zero-order valence-electron chi connectivity index (χ0n) is 9.40. The molecule has 0 unspecified atom stereocenters. The summed E-state index contributed by atoms with van der Waals surface area (Å²) in [6.45, 7) is 7.18. The number of aromatic nitrogens is 1. The second-order valence-corrected chi connectivity index (χ2v) is 4.84. The molecule has 0 bridgehead atoms. The zero-order valence-corrected chi connectivity index (χ0v) is 9.40. The molecule has 1 aromatic heterocycles. The lowest BCUT2D eigenvalue weighted by Gasteiger charge is -2.21. The highest BCUT2D eigenvalue weighted by molar-refractivity contribution is 5.93. The maximum absolute atomic E-state index is 5.57. The van der Waals surface area contributed by atoms with Crippen LogP contribution in [0.3, 0.4) is 0 Å². The molecule has 0 radical (unpaired) electrons. The number of hydrogen-bond acceptors (Lipinski definition) is 3. The van der Waals surface area contributed by atoms with Crippen LogP contribution in [0.15, 0.2) is 29.4 Å². The summed E-state index contributed by atoms with van der Waals surface area (Å²) in [5.41, 5.74) is 0.973. The van der Waals surface area contributed by atoms with E-state index in [1.165, 1.54) is 0 Å². The topological polar surface area (TPSA) is 34.5 Å². The van der Waals surface area contributed by atoms with Crippen LogP contribution in [0.1, 0.15) is 26.5 Å². The van der Waals surface area contributed by atoms with Crippen molar-refractivity contribution in [3.05, 3.63) is 30.1 Å². The minimum absolute atomic E-state index is 0.149. The highest BCUT2D eigenvalue weighted by Crippen LogP contribution is 2.26. The largest absolute Gasteiger partial charge is 0.474 e. The molecule has 0 N–H and O–H groups in total. The van der Waals surface area contributed by atoms with Crippen LogP contribution in [-0.4, -0.2) is 23.5 Å². The average Bonchev–Trinajstić information content (AvgIpc) is 2.67. The molecule has 15 heavy (non-hydrogen) atoms. The van der Waals surface area contributed by atoms with E-state index in [2.05, 4.69) is 30.7 Å². The number of hydrogen-bond donors (Lipinski definition) is 0. The first kappa shape index (κ1) is 10.1. The van der Waals surface area contributed by atoms with E-state index in [1.54, 1.807) is 6.20 Å². The van der Waals surface area contributed by atoms with Gasteiger partial charge in [-0.1, -0.05) is 26.8 Å². The third-order valence-electron chi connectivity index (χ3n) is 2.53. The maximum Gasteiger partial charge on any atom is 0.235 e. The van der Waals surface area contributed by atoms with Crippen LogP contribution in [0, 0.1) is 5.41 Å². The van der Waals surface area contributed by atoms with Crippen molar-refractivity contribution in [2.45, 2.75) is 26.8 Å². The Kier molecular flexibility index (Phi) is 2.47. The lowest BCUT2D eigenvalue weighted by molar-refractivity contribution is 0.235. The van der Waals surface area contributed by atoms with Gasteiger partial charge in [0.05, 0.1) is 6.04 Å². The van der Waals surface area contributed by atoms with Crippen molar-refractivity contribution in [2.75, 3.05) is 6.61 Å². The van der Waals surface area contributed by atoms with Gasteiger partial charge in [-0.05, 0) is 17.5 Å². The van der Waals surface area contributed by atoms with E-state index < -0.39 is 0 Å². The molecule has 1 aromatic rings. The first-order valence-corrected chi connectivity index (χ1v) is 5.19. The summed E-state index contributed by atoms with van der Waals surface area (Å²) in [5, 5.41) is 0. The Morgan fingerprint density at radius 2 is 2.13 bits per heavy atom. The Morgan fingerprint density at radius 1 is 1.33 bits per heavy atom. The monoisotopic (exact) mass is 204 g/mol. The fourth-order valence-electron chi connectivity index (χ4n) is 1.45. The minimum Gasteiger partial charge on any atom is -0.474 e.